The molecule has 0 radical (unpaired) electrons. The van der Waals surface area contributed by atoms with E-state index >= 15 is 0 Å². The highest BCUT2D eigenvalue weighted by Gasteiger charge is 2.26. The molecule has 196 valence electrons. The maximum Gasteiger partial charge on any atom is 0.308 e. The lowest BCUT2D eigenvalue weighted by atomic mass is 9.83. The third-order valence-corrected chi connectivity index (χ3v) is 5.59. The number of methoxy groups -OCH3 is 3. The van der Waals surface area contributed by atoms with E-state index in [-0.39, 0.29) is 25.0 Å². The fraction of sp³-hybridized carbons (Fsp3) is 0.444. The minimum Gasteiger partial charge on any atom is -0.493 e. The predicted octanol–water partition coefficient (Wildman–Crippen LogP) is 3.78. The summed E-state index contributed by atoms with van der Waals surface area (Å²) in [5.74, 6) is 0.266. The number of carbonyl (C=O) groups excluding carboxylic acids is 3. The summed E-state index contributed by atoms with van der Waals surface area (Å²) in [5, 5.41) is 0. The molecule has 36 heavy (non-hydrogen) atoms. The van der Waals surface area contributed by atoms with E-state index in [1.54, 1.807) is 26.4 Å². The van der Waals surface area contributed by atoms with Gasteiger partial charge in [-0.25, -0.2) is 0 Å². The lowest BCUT2D eigenvalue weighted by Gasteiger charge is -2.27. The maximum absolute atomic E-state index is 11.6. The molecule has 0 unspecified atom stereocenters. The molecule has 2 atom stereocenters. The van der Waals surface area contributed by atoms with Gasteiger partial charge in [-0.3, -0.25) is 14.4 Å². The zero-order valence-electron chi connectivity index (χ0n) is 21.6. The Morgan fingerprint density at radius 1 is 0.611 bits per heavy atom. The lowest BCUT2D eigenvalue weighted by Crippen LogP contribution is -2.29. The van der Waals surface area contributed by atoms with Crippen molar-refractivity contribution in [2.45, 2.75) is 33.6 Å². The van der Waals surface area contributed by atoms with Crippen molar-refractivity contribution in [3.05, 3.63) is 47.5 Å². The van der Waals surface area contributed by atoms with Crippen LogP contribution < -0.4 is 18.9 Å². The normalized spacial score (nSPS) is 12.2. The molecule has 2 aromatic carbocycles. The molecule has 9 heteroatoms. The van der Waals surface area contributed by atoms with Gasteiger partial charge >= 0.3 is 17.9 Å². The molecule has 0 fully saturated rings. The Hall–Kier alpha value is -3.75. The van der Waals surface area contributed by atoms with Crippen LogP contribution in [0.2, 0.25) is 0 Å². The van der Waals surface area contributed by atoms with Gasteiger partial charge in [0, 0.05) is 32.6 Å². The molecule has 0 saturated carbocycles. The van der Waals surface area contributed by atoms with Gasteiger partial charge in [0.1, 0.15) is 0 Å². The zero-order chi connectivity index (χ0) is 26.7. The van der Waals surface area contributed by atoms with Crippen LogP contribution in [0.15, 0.2) is 36.4 Å². The number of ether oxygens (including phenoxy) is 6. The standard InChI is InChI=1S/C27H34O9/c1-17(28)34-15-22(11-20-7-9-24(31-4)26(13-20)32-5)23(16-35-18(2)29)12-21-8-10-25(36-19(3)30)27(14-21)33-6/h7-10,13-14,22-23H,11-12,15-16H2,1-6H3/t22-,23-/m0/s1. The Balaban J connectivity index is 2.38. The summed E-state index contributed by atoms with van der Waals surface area (Å²) in [6, 6.07) is 10.9. The smallest absolute Gasteiger partial charge is 0.308 e. The topological polar surface area (TPSA) is 107 Å². The monoisotopic (exact) mass is 502 g/mol. The van der Waals surface area contributed by atoms with Crippen LogP contribution in [-0.4, -0.2) is 52.5 Å². The van der Waals surface area contributed by atoms with Gasteiger partial charge in [-0.05, 0) is 48.2 Å². The Morgan fingerprint density at radius 2 is 1.03 bits per heavy atom. The van der Waals surface area contributed by atoms with Crippen LogP contribution in [0.3, 0.4) is 0 Å². The summed E-state index contributed by atoms with van der Waals surface area (Å²) >= 11 is 0. The molecule has 2 rings (SSSR count). The Bertz CT molecular complexity index is 1050. The molecule has 0 heterocycles. The van der Waals surface area contributed by atoms with Crippen LogP contribution in [0.5, 0.6) is 23.0 Å². The third kappa shape index (κ3) is 8.79. The second-order valence-electron chi connectivity index (χ2n) is 8.30. The molecule has 0 amide bonds. The third-order valence-electron chi connectivity index (χ3n) is 5.59. The van der Waals surface area contributed by atoms with Gasteiger partial charge in [0.25, 0.3) is 0 Å². The number of benzene rings is 2. The zero-order valence-corrected chi connectivity index (χ0v) is 21.6. The second kappa shape index (κ2) is 14.0. The summed E-state index contributed by atoms with van der Waals surface area (Å²) < 4.78 is 32.1. The van der Waals surface area contributed by atoms with Crippen molar-refractivity contribution in [1.82, 2.24) is 0 Å². The number of hydrogen-bond acceptors (Lipinski definition) is 9. The van der Waals surface area contributed by atoms with E-state index < -0.39 is 17.9 Å². The summed E-state index contributed by atoms with van der Waals surface area (Å²) in [6.07, 6.45) is 1.02. The van der Waals surface area contributed by atoms with Crippen molar-refractivity contribution in [2.24, 2.45) is 11.8 Å². The highest BCUT2D eigenvalue weighted by Crippen LogP contribution is 2.33. The Kier molecular flexibility index (Phi) is 11.1. The van der Waals surface area contributed by atoms with E-state index in [0.717, 1.165) is 11.1 Å². The molecule has 0 aliphatic rings. The van der Waals surface area contributed by atoms with Gasteiger partial charge in [0.05, 0.1) is 34.5 Å². The van der Waals surface area contributed by atoms with Crippen LogP contribution >= 0.6 is 0 Å². The lowest BCUT2D eigenvalue weighted by molar-refractivity contribution is -0.147. The Labute approximate surface area is 211 Å². The van der Waals surface area contributed by atoms with E-state index in [2.05, 4.69) is 0 Å². The van der Waals surface area contributed by atoms with Crippen LogP contribution in [0, 0.1) is 11.8 Å². The van der Waals surface area contributed by atoms with Crippen LogP contribution in [0.4, 0.5) is 0 Å². The van der Waals surface area contributed by atoms with Gasteiger partial charge in [-0.1, -0.05) is 12.1 Å². The SMILES string of the molecule is COc1ccc(C[C@@H](COC(C)=O)[C@H](COC(C)=O)Cc2ccc(OC(C)=O)c(OC)c2)cc1OC. The van der Waals surface area contributed by atoms with Gasteiger partial charge in [0.2, 0.25) is 0 Å². The van der Waals surface area contributed by atoms with Crippen molar-refractivity contribution in [3.63, 3.8) is 0 Å². The summed E-state index contributed by atoms with van der Waals surface area (Å²) in [5.41, 5.74) is 1.82. The molecular weight excluding hydrogens is 468 g/mol. The molecule has 0 aliphatic carbocycles. The predicted molar refractivity (Wildman–Crippen MR) is 132 cm³/mol. The van der Waals surface area contributed by atoms with Crippen molar-refractivity contribution in [1.29, 1.82) is 0 Å². The van der Waals surface area contributed by atoms with Gasteiger partial charge in [-0.2, -0.15) is 0 Å². The van der Waals surface area contributed by atoms with E-state index in [0.29, 0.717) is 35.8 Å². The van der Waals surface area contributed by atoms with E-state index in [9.17, 15) is 14.4 Å². The highest BCUT2D eigenvalue weighted by atomic mass is 16.6. The van der Waals surface area contributed by atoms with Gasteiger partial charge < -0.3 is 28.4 Å². The van der Waals surface area contributed by atoms with E-state index in [1.165, 1.54) is 27.9 Å². The van der Waals surface area contributed by atoms with E-state index in [1.807, 2.05) is 24.3 Å². The van der Waals surface area contributed by atoms with Crippen LogP contribution in [0.1, 0.15) is 31.9 Å². The van der Waals surface area contributed by atoms with Crippen molar-refractivity contribution in [3.8, 4) is 23.0 Å². The molecule has 0 saturated heterocycles. The van der Waals surface area contributed by atoms with Crippen molar-refractivity contribution in [2.75, 3.05) is 34.5 Å². The molecule has 0 aliphatic heterocycles. The Morgan fingerprint density at radius 3 is 1.42 bits per heavy atom. The van der Waals surface area contributed by atoms with Crippen molar-refractivity contribution < 1.29 is 42.8 Å². The first-order chi connectivity index (χ1) is 17.2. The van der Waals surface area contributed by atoms with Crippen LogP contribution in [-0.2, 0) is 36.7 Å². The molecular formula is C27H34O9. The number of carbonyl (C=O) groups is 3. The number of esters is 3. The summed E-state index contributed by atoms with van der Waals surface area (Å²) in [7, 11) is 4.62. The summed E-state index contributed by atoms with van der Waals surface area (Å²) in [4.78, 5) is 34.7. The molecule has 0 bridgehead atoms. The fourth-order valence-corrected chi connectivity index (χ4v) is 3.86. The molecule has 0 N–H and O–H groups in total. The molecule has 9 nitrogen and oxygen atoms in total. The molecule has 2 aromatic rings. The van der Waals surface area contributed by atoms with Gasteiger partial charge in [0.15, 0.2) is 23.0 Å². The average Bonchev–Trinajstić information content (AvgIpc) is 2.84. The largest absolute Gasteiger partial charge is 0.493 e. The van der Waals surface area contributed by atoms with Gasteiger partial charge in [-0.15, -0.1) is 0 Å². The second-order valence-corrected chi connectivity index (χ2v) is 8.30. The highest BCUT2D eigenvalue weighted by molar-refractivity contribution is 5.70. The first kappa shape index (κ1) is 28.5. The summed E-state index contributed by atoms with van der Waals surface area (Å²) in [6.45, 7) is 4.29. The maximum atomic E-state index is 11.6. The molecule has 0 aromatic heterocycles. The molecule has 0 spiro atoms. The van der Waals surface area contributed by atoms with Crippen molar-refractivity contribution >= 4 is 17.9 Å². The first-order valence-electron chi connectivity index (χ1n) is 11.5. The first-order valence-corrected chi connectivity index (χ1v) is 11.5. The number of hydrogen-bond donors (Lipinski definition) is 0. The number of rotatable bonds is 13. The fourth-order valence-electron chi connectivity index (χ4n) is 3.86. The average molecular weight is 503 g/mol. The minimum atomic E-state index is -0.454. The minimum absolute atomic E-state index is 0.128. The van der Waals surface area contributed by atoms with E-state index in [4.69, 9.17) is 28.4 Å². The van der Waals surface area contributed by atoms with Crippen LogP contribution in [0.25, 0.3) is 0 Å². The quantitative estimate of drug-likeness (QED) is 0.299.